The first kappa shape index (κ1) is 16.7. The van der Waals surface area contributed by atoms with Gasteiger partial charge in [-0.3, -0.25) is 14.5 Å². The molecule has 2 saturated heterocycles. The van der Waals surface area contributed by atoms with E-state index in [-0.39, 0.29) is 12.1 Å². The summed E-state index contributed by atoms with van der Waals surface area (Å²) in [6.07, 6.45) is 3.52. The first-order valence-electron chi connectivity index (χ1n) is 9.06. The summed E-state index contributed by atoms with van der Waals surface area (Å²) in [6, 6.07) is 10.7. The summed E-state index contributed by atoms with van der Waals surface area (Å²) < 4.78 is 7.39. The molecule has 4 rings (SSSR count). The van der Waals surface area contributed by atoms with E-state index in [1.54, 1.807) is 0 Å². The van der Waals surface area contributed by atoms with Crippen LogP contribution in [0.4, 0.5) is 0 Å². The molecule has 3 heterocycles. The van der Waals surface area contributed by atoms with E-state index in [9.17, 15) is 5.11 Å². The average Bonchev–Trinajstić information content (AvgIpc) is 3.27. The van der Waals surface area contributed by atoms with Crippen LogP contribution in [-0.4, -0.2) is 76.2 Å². The van der Waals surface area contributed by atoms with Gasteiger partial charge in [-0.1, -0.05) is 24.3 Å². The number of morpholine rings is 1. The summed E-state index contributed by atoms with van der Waals surface area (Å²) in [5.41, 5.74) is 2.60. The summed E-state index contributed by atoms with van der Waals surface area (Å²) >= 11 is 0. The van der Waals surface area contributed by atoms with Crippen LogP contribution in [0.5, 0.6) is 0 Å². The maximum atomic E-state index is 10.5. The highest BCUT2D eigenvalue weighted by Crippen LogP contribution is 2.21. The fourth-order valence-corrected chi connectivity index (χ4v) is 3.92. The van der Waals surface area contributed by atoms with E-state index < -0.39 is 0 Å². The van der Waals surface area contributed by atoms with Gasteiger partial charge in [0, 0.05) is 51.2 Å². The molecule has 2 atom stereocenters. The van der Waals surface area contributed by atoms with E-state index in [2.05, 4.69) is 39.2 Å². The molecule has 0 radical (unpaired) electrons. The molecule has 6 nitrogen and oxygen atoms in total. The Hall–Kier alpha value is -1.73. The summed E-state index contributed by atoms with van der Waals surface area (Å²) in [7, 11) is 0. The lowest BCUT2D eigenvalue weighted by molar-refractivity contribution is -0.00618. The Kier molecular flexibility index (Phi) is 5.12. The van der Waals surface area contributed by atoms with E-state index >= 15 is 0 Å². The van der Waals surface area contributed by atoms with E-state index in [0.29, 0.717) is 0 Å². The highest BCUT2D eigenvalue weighted by atomic mass is 16.5. The van der Waals surface area contributed by atoms with Crippen LogP contribution in [0.15, 0.2) is 42.7 Å². The minimum absolute atomic E-state index is 0.224. The third-order valence-electron chi connectivity index (χ3n) is 5.25. The van der Waals surface area contributed by atoms with Gasteiger partial charge in [0.1, 0.15) is 0 Å². The molecule has 2 aliphatic rings. The van der Waals surface area contributed by atoms with E-state index in [1.807, 2.05) is 23.1 Å². The number of hydrogen-bond donors (Lipinski definition) is 1. The van der Waals surface area contributed by atoms with Gasteiger partial charge in [0.25, 0.3) is 0 Å². The maximum Gasteiger partial charge on any atom is 0.0834 e. The molecule has 25 heavy (non-hydrogen) atoms. The van der Waals surface area contributed by atoms with Gasteiger partial charge in [-0.05, 0) is 17.2 Å². The number of aliphatic hydroxyl groups excluding tert-OH is 1. The SMILES string of the molecule is O[C@H]1CN(Cc2ccccc2Cn2cccn2)C[C@@H]1N1CCOCC1. The van der Waals surface area contributed by atoms with E-state index in [0.717, 1.165) is 52.5 Å². The molecule has 0 saturated carbocycles. The number of likely N-dealkylation sites (tertiary alicyclic amines) is 1. The predicted octanol–water partition coefficient (Wildman–Crippen LogP) is 0.809. The predicted molar refractivity (Wildman–Crippen MR) is 95.2 cm³/mol. The smallest absolute Gasteiger partial charge is 0.0834 e. The number of β-amino-alcohol motifs (C(OH)–C–C–N with tert-alkyl or cyclic N) is 1. The van der Waals surface area contributed by atoms with Crippen molar-refractivity contribution >= 4 is 0 Å². The molecule has 0 unspecified atom stereocenters. The van der Waals surface area contributed by atoms with Gasteiger partial charge in [0.2, 0.25) is 0 Å². The van der Waals surface area contributed by atoms with Gasteiger partial charge < -0.3 is 9.84 Å². The van der Waals surface area contributed by atoms with Gasteiger partial charge in [-0.25, -0.2) is 0 Å². The van der Waals surface area contributed by atoms with Crippen LogP contribution >= 0.6 is 0 Å². The monoisotopic (exact) mass is 342 g/mol. The molecular weight excluding hydrogens is 316 g/mol. The molecule has 1 N–H and O–H groups in total. The van der Waals surface area contributed by atoms with Crippen LogP contribution in [0.2, 0.25) is 0 Å². The lowest BCUT2D eigenvalue weighted by Crippen LogP contribution is -2.48. The topological polar surface area (TPSA) is 53.8 Å². The van der Waals surface area contributed by atoms with E-state index in [1.165, 1.54) is 11.1 Å². The number of rotatable bonds is 5. The van der Waals surface area contributed by atoms with Gasteiger partial charge in [0.05, 0.1) is 25.9 Å². The zero-order chi connectivity index (χ0) is 17.1. The third kappa shape index (κ3) is 3.93. The fraction of sp³-hybridized carbons (Fsp3) is 0.526. The molecular formula is C19H26N4O2. The summed E-state index contributed by atoms with van der Waals surface area (Å²) in [5, 5.41) is 14.8. The minimum Gasteiger partial charge on any atom is -0.390 e. The van der Waals surface area contributed by atoms with Crippen LogP contribution < -0.4 is 0 Å². The van der Waals surface area contributed by atoms with Crippen LogP contribution in [0.25, 0.3) is 0 Å². The molecule has 2 fully saturated rings. The van der Waals surface area contributed by atoms with Crippen molar-refractivity contribution in [1.82, 2.24) is 19.6 Å². The molecule has 0 aliphatic carbocycles. The molecule has 0 amide bonds. The summed E-state index contributed by atoms with van der Waals surface area (Å²) in [4.78, 5) is 4.75. The molecule has 6 heteroatoms. The van der Waals surface area contributed by atoms with Crippen molar-refractivity contribution in [2.75, 3.05) is 39.4 Å². The number of ether oxygens (including phenoxy) is 1. The lowest BCUT2D eigenvalue weighted by Gasteiger charge is -2.33. The quantitative estimate of drug-likeness (QED) is 0.871. The average molecular weight is 342 g/mol. The van der Waals surface area contributed by atoms with Crippen LogP contribution in [0.1, 0.15) is 11.1 Å². The first-order chi connectivity index (χ1) is 12.3. The molecule has 134 valence electrons. The Balaban J connectivity index is 1.42. The second-order valence-corrected chi connectivity index (χ2v) is 6.95. The number of nitrogens with zero attached hydrogens (tertiary/aromatic N) is 4. The maximum absolute atomic E-state index is 10.5. The molecule has 2 aromatic rings. The lowest BCUT2D eigenvalue weighted by atomic mass is 10.1. The minimum atomic E-state index is -0.281. The molecule has 0 bridgehead atoms. The Bertz CT molecular complexity index is 670. The van der Waals surface area contributed by atoms with Crippen LogP contribution in [0.3, 0.4) is 0 Å². The fourth-order valence-electron chi connectivity index (χ4n) is 3.92. The van der Waals surface area contributed by atoms with Crippen LogP contribution in [-0.2, 0) is 17.8 Å². The summed E-state index contributed by atoms with van der Waals surface area (Å²) in [6.45, 7) is 6.69. The number of aromatic nitrogens is 2. The van der Waals surface area contributed by atoms with Crippen molar-refractivity contribution in [3.8, 4) is 0 Å². The van der Waals surface area contributed by atoms with Crippen molar-refractivity contribution in [3.63, 3.8) is 0 Å². The third-order valence-corrected chi connectivity index (χ3v) is 5.25. The zero-order valence-corrected chi connectivity index (χ0v) is 14.5. The number of hydrogen-bond acceptors (Lipinski definition) is 5. The summed E-state index contributed by atoms with van der Waals surface area (Å²) in [5.74, 6) is 0. The van der Waals surface area contributed by atoms with Crippen molar-refractivity contribution in [2.45, 2.75) is 25.2 Å². The van der Waals surface area contributed by atoms with Crippen molar-refractivity contribution in [1.29, 1.82) is 0 Å². The number of benzene rings is 1. The van der Waals surface area contributed by atoms with Gasteiger partial charge >= 0.3 is 0 Å². The largest absolute Gasteiger partial charge is 0.390 e. The number of aliphatic hydroxyl groups is 1. The molecule has 1 aromatic carbocycles. The van der Waals surface area contributed by atoms with Crippen molar-refractivity contribution in [3.05, 3.63) is 53.9 Å². The Morgan fingerprint density at radius 3 is 2.52 bits per heavy atom. The highest BCUT2D eigenvalue weighted by molar-refractivity contribution is 5.27. The normalized spacial score (nSPS) is 25.5. The highest BCUT2D eigenvalue weighted by Gasteiger charge is 2.36. The standard InChI is InChI=1S/C19H26N4O2/c24-19-15-21(14-18(19)22-8-10-25-11-9-22)12-16-4-1-2-5-17(16)13-23-7-3-6-20-23/h1-7,18-19,24H,8-15H2/t18-,19-/m0/s1. The second kappa shape index (κ2) is 7.66. The Morgan fingerprint density at radius 1 is 1.04 bits per heavy atom. The second-order valence-electron chi connectivity index (χ2n) is 6.95. The van der Waals surface area contributed by atoms with Crippen molar-refractivity contribution in [2.24, 2.45) is 0 Å². The van der Waals surface area contributed by atoms with Gasteiger partial charge in [-0.15, -0.1) is 0 Å². The van der Waals surface area contributed by atoms with Gasteiger partial charge in [-0.2, -0.15) is 5.10 Å². The molecule has 2 aliphatic heterocycles. The first-order valence-corrected chi connectivity index (χ1v) is 9.06. The zero-order valence-electron chi connectivity index (χ0n) is 14.5. The van der Waals surface area contributed by atoms with E-state index in [4.69, 9.17) is 4.74 Å². The molecule has 1 aromatic heterocycles. The molecule has 0 spiro atoms. The van der Waals surface area contributed by atoms with Crippen molar-refractivity contribution < 1.29 is 9.84 Å². The van der Waals surface area contributed by atoms with Gasteiger partial charge in [0.15, 0.2) is 0 Å². The Morgan fingerprint density at radius 2 is 1.80 bits per heavy atom. The Labute approximate surface area is 148 Å². The van der Waals surface area contributed by atoms with Crippen LogP contribution in [0, 0.1) is 0 Å².